The number of amidine groups is 1. The molecule has 15 heavy (non-hydrogen) atoms. The maximum atomic E-state index is 4.41. The van der Waals surface area contributed by atoms with Crippen molar-refractivity contribution in [3.63, 3.8) is 0 Å². The van der Waals surface area contributed by atoms with Crippen LogP contribution in [-0.4, -0.2) is 17.3 Å². The number of piperidine rings is 1. The Morgan fingerprint density at radius 1 is 1.20 bits per heavy atom. The van der Waals surface area contributed by atoms with Crippen LogP contribution in [0.15, 0.2) is 35.4 Å². The van der Waals surface area contributed by atoms with Crippen molar-refractivity contribution in [2.24, 2.45) is 5.10 Å². The van der Waals surface area contributed by atoms with Gasteiger partial charge in [0, 0.05) is 13.0 Å². The number of hydrazone groups is 1. The van der Waals surface area contributed by atoms with Crippen LogP contribution in [0.25, 0.3) is 0 Å². The number of nitrogens with zero attached hydrogens (tertiary/aromatic N) is 2. The van der Waals surface area contributed by atoms with Gasteiger partial charge in [-0.1, -0.05) is 30.3 Å². The Hall–Kier alpha value is -1.51. The number of nitrogens with one attached hydrogen (secondary N) is 1. The lowest BCUT2D eigenvalue weighted by Gasteiger charge is -2.30. The SMILES string of the molecule is c1ccc(C2NN=C3CCCCN32)cc1. The monoisotopic (exact) mass is 201 g/mol. The van der Waals surface area contributed by atoms with Gasteiger partial charge in [0.25, 0.3) is 0 Å². The predicted octanol–water partition coefficient (Wildman–Crippen LogP) is 2.09. The molecule has 0 radical (unpaired) electrons. The molecule has 0 saturated carbocycles. The van der Waals surface area contributed by atoms with Crippen LogP contribution in [0.4, 0.5) is 0 Å². The lowest BCUT2D eigenvalue weighted by atomic mass is 10.1. The number of benzene rings is 1. The van der Waals surface area contributed by atoms with Crippen LogP contribution in [0.5, 0.6) is 0 Å². The van der Waals surface area contributed by atoms with E-state index in [1.54, 1.807) is 0 Å². The van der Waals surface area contributed by atoms with Crippen molar-refractivity contribution in [3.8, 4) is 0 Å². The zero-order valence-electron chi connectivity index (χ0n) is 8.69. The quantitative estimate of drug-likeness (QED) is 0.753. The summed E-state index contributed by atoms with van der Waals surface area (Å²) in [6, 6.07) is 10.5. The molecule has 2 heterocycles. The molecule has 0 bridgehead atoms. The Kier molecular flexibility index (Phi) is 2.09. The Morgan fingerprint density at radius 2 is 2.07 bits per heavy atom. The molecule has 3 nitrogen and oxygen atoms in total. The second kappa shape index (κ2) is 3.57. The molecule has 0 spiro atoms. The average Bonchev–Trinajstić information content (AvgIpc) is 2.74. The van der Waals surface area contributed by atoms with E-state index in [1.807, 2.05) is 0 Å². The van der Waals surface area contributed by atoms with Crippen molar-refractivity contribution in [2.75, 3.05) is 6.54 Å². The molecule has 0 aliphatic carbocycles. The topological polar surface area (TPSA) is 27.6 Å². The third-order valence-electron chi connectivity index (χ3n) is 3.12. The first kappa shape index (κ1) is 8.77. The van der Waals surface area contributed by atoms with E-state index in [1.165, 1.54) is 24.2 Å². The highest BCUT2D eigenvalue weighted by Gasteiger charge is 2.29. The van der Waals surface area contributed by atoms with Gasteiger partial charge in [-0.25, -0.2) is 0 Å². The summed E-state index contributed by atoms with van der Waals surface area (Å²) in [4.78, 5) is 2.39. The van der Waals surface area contributed by atoms with Gasteiger partial charge in [-0.3, -0.25) is 5.43 Å². The van der Waals surface area contributed by atoms with E-state index in [0.717, 1.165) is 13.0 Å². The van der Waals surface area contributed by atoms with E-state index in [-0.39, 0.29) is 6.17 Å². The van der Waals surface area contributed by atoms with Gasteiger partial charge in [0.15, 0.2) is 0 Å². The van der Waals surface area contributed by atoms with Crippen LogP contribution in [0.1, 0.15) is 31.0 Å². The standard InChI is InChI=1S/C12H15N3/c1-2-6-10(7-3-1)12-14-13-11-8-4-5-9-15(11)12/h1-3,6-7,12,14H,4-5,8-9H2. The van der Waals surface area contributed by atoms with E-state index in [4.69, 9.17) is 0 Å². The van der Waals surface area contributed by atoms with Crippen molar-refractivity contribution in [1.29, 1.82) is 0 Å². The number of hydrogen-bond acceptors (Lipinski definition) is 3. The lowest BCUT2D eigenvalue weighted by molar-refractivity contribution is 0.283. The molecular weight excluding hydrogens is 186 g/mol. The van der Waals surface area contributed by atoms with Gasteiger partial charge in [0.2, 0.25) is 0 Å². The second-order valence-corrected chi connectivity index (χ2v) is 4.12. The third kappa shape index (κ3) is 1.48. The summed E-state index contributed by atoms with van der Waals surface area (Å²) < 4.78 is 0. The molecule has 1 N–H and O–H groups in total. The second-order valence-electron chi connectivity index (χ2n) is 4.12. The van der Waals surface area contributed by atoms with Crippen molar-refractivity contribution in [3.05, 3.63) is 35.9 Å². The molecule has 0 aromatic heterocycles. The highest BCUT2D eigenvalue weighted by Crippen LogP contribution is 2.27. The largest absolute Gasteiger partial charge is 0.333 e. The van der Waals surface area contributed by atoms with E-state index >= 15 is 0 Å². The maximum Gasteiger partial charge on any atom is 0.142 e. The minimum absolute atomic E-state index is 0.265. The fraction of sp³-hybridized carbons (Fsp3) is 0.417. The van der Waals surface area contributed by atoms with Crippen molar-refractivity contribution in [2.45, 2.75) is 25.4 Å². The fourth-order valence-corrected chi connectivity index (χ4v) is 2.33. The average molecular weight is 201 g/mol. The molecule has 1 unspecified atom stereocenters. The van der Waals surface area contributed by atoms with Crippen LogP contribution in [0.2, 0.25) is 0 Å². The van der Waals surface area contributed by atoms with Crippen molar-refractivity contribution in [1.82, 2.24) is 10.3 Å². The molecular formula is C12H15N3. The first-order valence-electron chi connectivity index (χ1n) is 5.59. The van der Waals surface area contributed by atoms with Gasteiger partial charge < -0.3 is 4.90 Å². The van der Waals surface area contributed by atoms with E-state index in [2.05, 4.69) is 45.8 Å². The van der Waals surface area contributed by atoms with Gasteiger partial charge >= 0.3 is 0 Å². The minimum Gasteiger partial charge on any atom is -0.333 e. The van der Waals surface area contributed by atoms with Gasteiger partial charge in [0.05, 0.1) is 0 Å². The van der Waals surface area contributed by atoms with Crippen LogP contribution in [0.3, 0.4) is 0 Å². The molecule has 78 valence electrons. The third-order valence-corrected chi connectivity index (χ3v) is 3.12. The summed E-state index contributed by atoms with van der Waals surface area (Å²) in [6.45, 7) is 1.13. The van der Waals surface area contributed by atoms with Crippen LogP contribution < -0.4 is 5.43 Å². The highest BCUT2D eigenvalue weighted by molar-refractivity contribution is 5.84. The molecule has 2 aliphatic rings. The van der Waals surface area contributed by atoms with Crippen LogP contribution >= 0.6 is 0 Å². The van der Waals surface area contributed by atoms with E-state index < -0.39 is 0 Å². The van der Waals surface area contributed by atoms with E-state index in [0.29, 0.717) is 0 Å². The minimum atomic E-state index is 0.265. The molecule has 3 heteroatoms. The smallest absolute Gasteiger partial charge is 0.142 e. The molecule has 3 rings (SSSR count). The van der Waals surface area contributed by atoms with Crippen LogP contribution in [-0.2, 0) is 0 Å². The summed E-state index contributed by atoms with van der Waals surface area (Å²) in [7, 11) is 0. The summed E-state index contributed by atoms with van der Waals surface area (Å²) in [5.41, 5.74) is 4.53. The van der Waals surface area contributed by atoms with Crippen molar-refractivity contribution < 1.29 is 0 Å². The number of hydrogen-bond donors (Lipinski definition) is 1. The summed E-state index contributed by atoms with van der Waals surface area (Å²) in [6.07, 6.45) is 3.94. The summed E-state index contributed by atoms with van der Waals surface area (Å²) in [5, 5.41) is 4.41. The molecule has 1 atom stereocenters. The van der Waals surface area contributed by atoms with Gasteiger partial charge in [-0.15, -0.1) is 0 Å². The Bertz CT molecular complexity index is 372. The Balaban J connectivity index is 1.85. The molecule has 1 aromatic rings. The highest BCUT2D eigenvalue weighted by atomic mass is 15.5. The predicted molar refractivity (Wildman–Crippen MR) is 60.3 cm³/mol. The van der Waals surface area contributed by atoms with Gasteiger partial charge in [-0.2, -0.15) is 5.10 Å². The van der Waals surface area contributed by atoms with E-state index in [9.17, 15) is 0 Å². The molecule has 0 amide bonds. The number of fused-ring (bicyclic) bond motifs is 1. The van der Waals surface area contributed by atoms with Crippen LogP contribution in [0, 0.1) is 0 Å². The molecule has 2 aliphatic heterocycles. The number of rotatable bonds is 1. The van der Waals surface area contributed by atoms with Gasteiger partial charge in [-0.05, 0) is 18.4 Å². The Morgan fingerprint density at radius 3 is 2.93 bits per heavy atom. The first-order valence-corrected chi connectivity index (χ1v) is 5.59. The molecule has 1 saturated heterocycles. The first-order chi connectivity index (χ1) is 7.45. The molecule has 1 aromatic carbocycles. The van der Waals surface area contributed by atoms with Crippen molar-refractivity contribution >= 4 is 5.84 Å². The Labute approximate surface area is 89.8 Å². The summed E-state index contributed by atoms with van der Waals surface area (Å²) in [5.74, 6) is 1.23. The fourth-order valence-electron chi connectivity index (χ4n) is 2.33. The zero-order chi connectivity index (χ0) is 10.1. The van der Waals surface area contributed by atoms with Gasteiger partial charge in [0.1, 0.15) is 12.0 Å². The molecule has 1 fully saturated rings. The maximum absolute atomic E-state index is 4.41. The lowest BCUT2D eigenvalue weighted by Crippen LogP contribution is -2.36. The zero-order valence-corrected chi connectivity index (χ0v) is 8.69. The summed E-state index contributed by atoms with van der Waals surface area (Å²) >= 11 is 0. The normalized spacial score (nSPS) is 24.4.